The van der Waals surface area contributed by atoms with Gasteiger partial charge in [-0.15, -0.1) is 0 Å². The van der Waals surface area contributed by atoms with Gasteiger partial charge in [-0.1, -0.05) is 29.8 Å². The van der Waals surface area contributed by atoms with E-state index in [0.717, 1.165) is 0 Å². The van der Waals surface area contributed by atoms with E-state index in [1.54, 1.807) is 30.3 Å². The number of hydrogen-bond acceptors (Lipinski definition) is 2. The van der Waals surface area contributed by atoms with Crippen LogP contribution in [0.25, 0.3) is 0 Å². The largest absolute Gasteiger partial charge is 0.361 e. The molecule has 0 heterocycles. The minimum atomic E-state index is -0.400. The van der Waals surface area contributed by atoms with E-state index in [1.165, 1.54) is 12.1 Å². The van der Waals surface area contributed by atoms with Gasteiger partial charge in [-0.25, -0.2) is 8.78 Å². The van der Waals surface area contributed by atoms with Crippen LogP contribution >= 0.6 is 23.8 Å². The molecule has 1 atom stereocenters. The van der Waals surface area contributed by atoms with E-state index < -0.39 is 5.82 Å². The Morgan fingerprint density at radius 3 is 2.42 bits per heavy atom. The van der Waals surface area contributed by atoms with Crippen molar-refractivity contribution in [2.45, 2.75) is 6.04 Å². The average Bonchev–Trinajstić information content (AvgIpc) is 2.52. The van der Waals surface area contributed by atoms with Crippen molar-refractivity contribution in [1.82, 2.24) is 10.2 Å². The Hall–Kier alpha value is -1.76. The summed E-state index contributed by atoms with van der Waals surface area (Å²) in [6.45, 7) is 0.313. The number of likely N-dealkylation sites (N-methyl/N-ethyl adjacent to an activating group) is 1. The molecular formula is C17H18ClF2N3S. The van der Waals surface area contributed by atoms with E-state index in [1.807, 2.05) is 19.0 Å². The normalized spacial score (nSPS) is 12.1. The average molecular weight is 370 g/mol. The summed E-state index contributed by atoms with van der Waals surface area (Å²) in [4.78, 5) is 1.84. The quantitative estimate of drug-likeness (QED) is 0.772. The maximum Gasteiger partial charge on any atom is 0.170 e. The summed E-state index contributed by atoms with van der Waals surface area (Å²) in [6, 6.07) is 10.5. The van der Waals surface area contributed by atoms with Crippen LogP contribution in [0.2, 0.25) is 5.02 Å². The van der Waals surface area contributed by atoms with Gasteiger partial charge in [-0.2, -0.15) is 0 Å². The Bertz CT molecular complexity index is 704. The topological polar surface area (TPSA) is 27.3 Å². The molecule has 3 nitrogen and oxygen atoms in total. The van der Waals surface area contributed by atoms with E-state index in [9.17, 15) is 8.78 Å². The number of thiocarbonyl (C=S) groups is 1. The highest BCUT2D eigenvalue weighted by Crippen LogP contribution is 2.28. The van der Waals surface area contributed by atoms with Gasteiger partial charge in [0.25, 0.3) is 0 Å². The van der Waals surface area contributed by atoms with E-state index in [2.05, 4.69) is 10.6 Å². The standard InChI is InChI=1S/C17H18ClF2N3S/c1-23(2)15(16-11(18)6-5-8-13(16)20)10-21-17(24)22-14-9-4-3-7-12(14)19/h3-9,15H,10H2,1-2H3,(H2,21,22,24)/t15-/m1/s1. The van der Waals surface area contributed by atoms with Crippen LogP contribution in [-0.2, 0) is 0 Å². The molecule has 0 unspecified atom stereocenters. The fourth-order valence-electron chi connectivity index (χ4n) is 2.29. The molecule has 24 heavy (non-hydrogen) atoms. The first-order chi connectivity index (χ1) is 11.4. The fourth-order valence-corrected chi connectivity index (χ4v) is 2.77. The molecule has 0 aromatic heterocycles. The van der Waals surface area contributed by atoms with E-state index >= 15 is 0 Å². The summed E-state index contributed by atoms with van der Waals surface area (Å²) in [7, 11) is 3.64. The van der Waals surface area contributed by atoms with Crippen LogP contribution < -0.4 is 10.6 Å². The lowest BCUT2D eigenvalue weighted by atomic mass is 10.1. The van der Waals surface area contributed by atoms with Crippen LogP contribution in [0.5, 0.6) is 0 Å². The first-order valence-corrected chi connectivity index (χ1v) is 8.08. The van der Waals surface area contributed by atoms with Gasteiger partial charge in [0.1, 0.15) is 11.6 Å². The maximum absolute atomic E-state index is 14.1. The Kier molecular flexibility index (Phi) is 6.48. The molecule has 2 aromatic rings. The van der Waals surface area contributed by atoms with Crippen molar-refractivity contribution in [2.75, 3.05) is 26.0 Å². The number of benzene rings is 2. The molecule has 0 aliphatic carbocycles. The van der Waals surface area contributed by atoms with Gasteiger partial charge in [0.15, 0.2) is 5.11 Å². The molecule has 2 rings (SSSR count). The highest BCUT2D eigenvalue weighted by molar-refractivity contribution is 7.80. The number of rotatable bonds is 5. The molecule has 2 N–H and O–H groups in total. The SMILES string of the molecule is CN(C)[C@H](CNC(=S)Nc1ccccc1F)c1c(F)cccc1Cl. The summed E-state index contributed by atoms with van der Waals surface area (Å²) >= 11 is 11.3. The van der Waals surface area contributed by atoms with Crippen LogP contribution in [0.15, 0.2) is 42.5 Å². The molecule has 2 aromatic carbocycles. The third-order valence-corrected chi connectivity index (χ3v) is 4.11. The smallest absolute Gasteiger partial charge is 0.170 e. The molecule has 0 fully saturated rings. The zero-order valence-corrected chi connectivity index (χ0v) is 14.9. The van der Waals surface area contributed by atoms with E-state index in [-0.39, 0.29) is 22.7 Å². The van der Waals surface area contributed by atoms with Crippen LogP contribution in [-0.4, -0.2) is 30.7 Å². The number of anilines is 1. The van der Waals surface area contributed by atoms with Crippen molar-refractivity contribution in [3.05, 3.63) is 64.7 Å². The van der Waals surface area contributed by atoms with Crippen molar-refractivity contribution in [2.24, 2.45) is 0 Å². The predicted octanol–water partition coefficient (Wildman–Crippen LogP) is 4.21. The lowest BCUT2D eigenvalue weighted by Gasteiger charge is -2.27. The minimum Gasteiger partial charge on any atom is -0.361 e. The molecule has 0 amide bonds. The Labute approximate surface area is 150 Å². The molecule has 128 valence electrons. The zero-order valence-electron chi connectivity index (χ0n) is 13.3. The first kappa shape index (κ1) is 18.6. The molecular weight excluding hydrogens is 352 g/mol. The summed E-state index contributed by atoms with van der Waals surface area (Å²) in [5, 5.41) is 6.36. The van der Waals surface area contributed by atoms with Crippen LogP contribution in [0.3, 0.4) is 0 Å². The van der Waals surface area contributed by atoms with Gasteiger partial charge in [0.2, 0.25) is 0 Å². The molecule has 0 spiro atoms. The molecule has 0 radical (unpaired) electrons. The highest BCUT2D eigenvalue weighted by atomic mass is 35.5. The second-order valence-corrected chi connectivity index (χ2v) is 6.25. The maximum atomic E-state index is 14.1. The van der Waals surface area contributed by atoms with Crippen LogP contribution in [0.4, 0.5) is 14.5 Å². The summed E-state index contributed by atoms with van der Waals surface area (Å²) in [6.07, 6.45) is 0. The van der Waals surface area contributed by atoms with Crippen LogP contribution in [0, 0.1) is 11.6 Å². The summed E-state index contributed by atoms with van der Waals surface area (Å²) < 4.78 is 27.8. The number of nitrogens with one attached hydrogen (secondary N) is 2. The predicted molar refractivity (Wildman–Crippen MR) is 98.5 cm³/mol. The van der Waals surface area contributed by atoms with Gasteiger partial charge >= 0.3 is 0 Å². The lowest BCUT2D eigenvalue weighted by Crippen LogP contribution is -2.37. The van der Waals surface area contributed by atoms with E-state index in [4.69, 9.17) is 23.8 Å². The van der Waals surface area contributed by atoms with Crippen LogP contribution in [0.1, 0.15) is 11.6 Å². The van der Waals surface area contributed by atoms with Crippen molar-refractivity contribution < 1.29 is 8.78 Å². The molecule has 0 aliphatic heterocycles. The minimum absolute atomic E-state index is 0.249. The Morgan fingerprint density at radius 2 is 1.79 bits per heavy atom. The first-order valence-electron chi connectivity index (χ1n) is 7.30. The van der Waals surface area contributed by atoms with Crippen molar-refractivity contribution in [3.63, 3.8) is 0 Å². The molecule has 0 saturated carbocycles. The number of halogens is 3. The monoisotopic (exact) mass is 369 g/mol. The molecule has 7 heteroatoms. The van der Waals surface area contributed by atoms with Gasteiger partial charge in [0.05, 0.1) is 11.7 Å². The second kappa shape index (κ2) is 8.37. The van der Waals surface area contributed by atoms with Gasteiger partial charge < -0.3 is 15.5 Å². The van der Waals surface area contributed by atoms with Gasteiger partial charge in [0, 0.05) is 17.1 Å². The number of hydrogen-bond donors (Lipinski definition) is 2. The summed E-state index contributed by atoms with van der Waals surface area (Å²) in [5.74, 6) is -0.779. The second-order valence-electron chi connectivity index (χ2n) is 5.43. The Morgan fingerprint density at radius 1 is 1.12 bits per heavy atom. The highest BCUT2D eigenvalue weighted by Gasteiger charge is 2.21. The third-order valence-electron chi connectivity index (χ3n) is 3.53. The van der Waals surface area contributed by atoms with Crippen molar-refractivity contribution in [3.8, 4) is 0 Å². The molecule has 0 aliphatic rings. The Balaban J connectivity index is 2.07. The molecule has 0 saturated heterocycles. The lowest BCUT2D eigenvalue weighted by molar-refractivity contribution is 0.292. The fraction of sp³-hybridized carbons (Fsp3) is 0.235. The van der Waals surface area contributed by atoms with Gasteiger partial charge in [-0.3, -0.25) is 0 Å². The van der Waals surface area contributed by atoms with E-state index in [0.29, 0.717) is 17.1 Å². The number of nitrogens with zero attached hydrogens (tertiary/aromatic N) is 1. The molecule has 0 bridgehead atoms. The zero-order chi connectivity index (χ0) is 17.7. The number of para-hydroxylation sites is 1. The van der Waals surface area contributed by atoms with Crippen molar-refractivity contribution in [1.29, 1.82) is 0 Å². The summed E-state index contributed by atoms with van der Waals surface area (Å²) in [5.41, 5.74) is 0.672. The van der Waals surface area contributed by atoms with Gasteiger partial charge in [-0.05, 0) is 50.6 Å². The van der Waals surface area contributed by atoms with Crippen molar-refractivity contribution >= 4 is 34.6 Å². The third kappa shape index (κ3) is 4.63.